The summed E-state index contributed by atoms with van der Waals surface area (Å²) in [5.74, 6) is 0.221. The number of carbonyl (C=O) groups excluding carboxylic acids is 1. The Morgan fingerprint density at radius 2 is 1.69 bits per heavy atom. The minimum Gasteiger partial charge on any atom is -0.343 e. The maximum Gasteiger partial charge on any atom is 0.219 e. The van der Waals surface area contributed by atoms with Crippen molar-refractivity contribution in [2.24, 2.45) is 0 Å². The van der Waals surface area contributed by atoms with Gasteiger partial charge in [0.15, 0.2) is 0 Å². The van der Waals surface area contributed by atoms with E-state index in [1.807, 2.05) is 4.90 Å². The van der Waals surface area contributed by atoms with Gasteiger partial charge in [0, 0.05) is 20.0 Å². The van der Waals surface area contributed by atoms with Gasteiger partial charge in [-0.3, -0.25) is 4.79 Å². The van der Waals surface area contributed by atoms with Crippen LogP contribution in [0.5, 0.6) is 0 Å². The Bertz CT molecular complexity index is 134. The van der Waals surface area contributed by atoms with Crippen LogP contribution in [-0.2, 0) is 4.79 Å². The van der Waals surface area contributed by atoms with Crippen LogP contribution in [0.15, 0.2) is 0 Å². The molecule has 2 nitrogen and oxygen atoms in total. The van der Waals surface area contributed by atoms with Crippen LogP contribution in [0.4, 0.5) is 0 Å². The van der Waals surface area contributed by atoms with Gasteiger partial charge in [-0.25, -0.2) is 0 Å². The van der Waals surface area contributed by atoms with Crippen LogP contribution < -0.4 is 0 Å². The number of carbonyl (C=O) groups is 1. The Hall–Kier alpha value is -0.530. The van der Waals surface area contributed by atoms with E-state index >= 15 is 0 Å². The van der Waals surface area contributed by atoms with Crippen molar-refractivity contribution >= 4 is 5.91 Å². The molecule has 0 saturated heterocycles. The zero-order chi connectivity index (χ0) is 10.1. The minimum atomic E-state index is 0.221. The van der Waals surface area contributed by atoms with Gasteiger partial charge in [0.1, 0.15) is 0 Å². The van der Waals surface area contributed by atoms with Crippen molar-refractivity contribution in [3.8, 4) is 0 Å². The van der Waals surface area contributed by atoms with Crippen LogP contribution in [0, 0.1) is 0 Å². The van der Waals surface area contributed by atoms with E-state index in [0.29, 0.717) is 0 Å². The predicted molar refractivity (Wildman–Crippen MR) is 56.7 cm³/mol. The third-order valence-corrected chi connectivity index (χ3v) is 2.22. The van der Waals surface area contributed by atoms with Gasteiger partial charge in [-0.1, -0.05) is 33.1 Å². The molecule has 0 spiro atoms. The number of hydrogen-bond donors (Lipinski definition) is 0. The summed E-state index contributed by atoms with van der Waals surface area (Å²) in [6.45, 7) is 7.84. The first-order valence-corrected chi connectivity index (χ1v) is 5.47. The molecule has 0 saturated carbocycles. The molecule has 0 aliphatic carbocycles. The molecule has 0 unspecified atom stereocenters. The van der Waals surface area contributed by atoms with E-state index < -0.39 is 0 Å². The third-order valence-electron chi connectivity index (χ3n) is 2.22. The van der Waals surface area contributed by atoms with Gasteiger partial charge in [0.25, 0.3) is 0 Å². The zero-order valence-corrected chi connectivity index (χ0v) is 9.31. The average Bonchev–Trinajstić information content (AvgIpc) is 2.10. The molecule has 13 heavy (non-hydrogen) atoms. The van der Waals surface area contributed by atoms with Crippen molar-refractivity contribution < 1.29 is 4.79 Å². The Balaban J connectivity index is 3.51. The second-order valence-corrected chi connectivity index (χ2v) is 3.57. The highest BCUT2D eigenvalue weighted by Crippen LogP contribution is 2.02. The Morgan fingerprint density at radius 3 is 2.15 bits per heavy atom. The summed E-state index contributed by atoms with van der Waals surface area (Å²) in [5, 5.41) is 0. The Morgan fingerprint density at radius 1 is 1.00 bits per heavy atom. The number of nitrogens with zero attached hydrogens (tertiary/aromatic N) is 1. The lowest BCUT2D eigenvalue weighted by Crippen LogP contribution is -2.30. The minimum absolute atomic E-state index is 0.221. The first-order chi connectivity index (χ1) is 6.22. The van der Waals surface area contributed by atoms with E-state index in [2.05, 4.69) is 13.8 Å². The fraction of sp³-hybridized carbons (Fsp3) is 0.909. The SMILES string of the molecule is CCCCCCN(CCC)C(C)=O. The Labute approximate surface area is 82.3 Å². The highest BCUT2D eigenvalue weighted by atomic mass is 16.2. The molecule has 0 aliphatic rings. The second-order valence-electron chi connectivity index (χ2n) is 3.57. The fourth-order valence-electron chi connectivity index (χ4n) is 1.43. The molecule has 0 rings (SSSR count). The van der Waals surface area contributed by atoms with E-state index in [1.54, 1.807) is 6.92 Å². The molecule has 0 N–H and O–H groups in total. The molecule has 1 amide bonds. The topological polar surface area (TPSA) is 20.3 Å². The van der Waals surface area contributed by atoms with Gasteiger partial charge >= 0.3 is 0 Å². The number of rotatable bonds is 7. The third kappa shape index (κ3) is 6.62. The van der Waals surface area contributed by atoms with E-state index in [9.17, 15) is 4.79 Å². The molecule has 0 atom stereocenters. The molecule has 0 aromatic rings. The van der Waals surface area contributed by atoms with Gasteiger partial charge in [-0.05, 0) is 12.8 Å². The smallest absolute Gasteiger partial charge is 0.219 e. The van der Waals surface area contributed by atoms with Gasteiger partial charge in [0.2, 0.25) is 5.91 Å². The summed E-state index contributed by atoms with van der Waals surface area (Å²) in [6, 6.07) is 0. The maximum absolute atomic E-state index is 11.1. The summed E-state index contributed by atoms with van der Waals surface area (Å²) in [7, 11) is 0. The van der Waals surface area contributed by atoms with Gasteiger partial charge in [0.05, 0.1) is 0 Å². The van der Waals surface area contributed by atoms with Crippen molar-refractivity contribution in [1.82, 2.24) is 4.90 Å². The molecule has 0 radical (unpaired) electrons. The molecule has 0 bridgehead atoms. The van der Waals surface area contributed by atoms with Crippen LogP contribution in [0.25, 0.3) is 0 Å². The summed E-state index contributed by atoms with van der Waals surface area (Å²) in [6.07, 6.45) is 6.02. The molecular weight excluding hydrogens is 162 g/mol. The van der Waals surface area contributed by atoms with E-state index in [0.717, 1.165) is 25.9 Å². The molecule has 0 heterocycles. The van der Waals surface area contributed by atoms with Crippen molar-refractivity contribution in [3.05, 3.63) is 0 Å². The summed E-state index contributed by atoms with van der Waals surface area (Å²) in [5.41, 5.74) is 0. The molecular formula is C11H23NO. The lowest BCUT2D eigenvalue weighted by atomic mass is 10.2. The average molecular weight is 185 g/mol. The number of hydrogen-bond acceptors (Lipinski definition) is 1. The number of amides is 1. The monoisotopic (exact) mass is 185 g/mol. The summed E-state index contributed by atoms with van der Waals surface area (Å²) < 4.78 is 0. The van der Waals surface area contributed by atoms with Crippen molar-refractivity contribution in [3.63, 3.8) is 0 Å². The molecule has 0 aromatic heterocycles. The zero-order valence-electron chi connectivity index (χ0n) is 9.31. The first kappa shape index (κ1) is 12.5. The van der Waals surface area contributed by atoms with Gasteiger partial charge < -0.3 is 4.90 Å². The first-order valence-electron chi connectivity index (χ1n) is 5.47. The molecule has 78 valence electrons. The highest BCUT2D eigenvalue weighted by Gasteiger charge is 2.05. The molecule has 0 fully saturated rings. The van der Waals surface area contributed by atoms with Crippen LogP contribution in [-0.4, -0.2) is 23.9 Å². The van der Waals surface area contributed by atoms with Crippen LogP contribution in [0.3, 0.4) is 0 Å². The molecule has 2 heteroatoms. The number of unbranched alkanes of at least 4 members (excludes halogenated alkanes) is 3. The lowest BCUT2D eigenvalue weighted by Gasteiger charge is -2.19. The second kappa shape index (κ2) is 8.09. The van der Waals surface area contributed by atoms with Crippen LogP contribution in [0.1, 0.15) is 52.9 Å². The van der Waals surface area contributed by atoms with E-state index in [1.165, 1.54) is 19.3 Å². The summed E-state index contributed by atoms with van der Waals surface area (Å²) in [4.78, 5) is 13.1. The normalized spacial score (nSPS) is 10.1. The van der Waals surface area contributed by atoms with Gasteiger partial charge in [-0.2, -0.15) is 0 Å². The van der Waals surface area contributed by atoms with Crippen molar-refractivity contribution in [2.45, 2.75) is 52.9 Å². The fourth-order valence-corrected chi connectivity index (χ4v) is 1.43. The van der Waals surface area contributed by atoms with Crippen LogP contribution >= 0.6 is 0 Å². The quantitative estimate of drug-likeness (QED) is 0.558. The molecule has 0 aromatic carbocycles. The van der Waals surface area contributed by atoms with Gasteiger partial charge in [-0.15, -0.1) is 0 Å². The van der Waals surface area contributed by atoms with E-state index in [4.69, 9.17) is 0 Å². The lowest BCUT2D eigenvalue weighted by molar-refractivity contribution is -0.128. The standard InChI is InChI=1S/C11H23NO/c1-4-6-7-8-10-12(9-5-2)11(3)13/h4-10H2,1-3H3. The highest BCUT2D eigenvalue weighted by molar-refractivity contribution is 5.73. The van der Waals surface area contributed by atoms with Crippen molar-refractivity contribution in [1.29, 1.82) is 0 Å². The van der Waals surface area contributed by atoms with E-state index in [-0.39, 0.29) is 5.91 Å². The van der Waals surface area contributed by atoms with Crippen molar-refractivity contribution in [2.75, 3.05) is 13.1 Å². The van der Waals surface area contributed by atoms with Crippen LogP contribution in [0.2, 0.25) is 0 Å². The summed E-state index contributed by atoms with van der Waals surface area (Å²) >= 11 is 0. The largest absolute Gasteiger partial charge is 0.343 e. The predicted octanol–water partition coefficient (Wildman–Crippen LogP) is 2.83. The molecule has 0 aliphatic heterocycles. The maximum atomic E-state index is 11.1. The Kier molecular flexibility index (Phi) is 7.76.